The van der Waals surface area contributed by atoms with E-state index in [1.165, 1.54) is 0 Å². The van der Waals surface area contributed by atoms with Crippen LogP contribution >= 0.6 is 0 Å². The molecule has 0 radical (unpaired) electrons. The highest BCUT2D eigenvalue weighted by atomic mass is 16.6. The van der Waals surface area contributed by atoms with Gasteiger partial charge < -0.3 is 15.2 Å². The number of nitrogens with one attached hydrogen (secondary N) is 1. The lowest BCUT2D eigenvalue weighted by Gasteiger charge is -2.24. The van der Waals surface area contributed by atoms with E-state index in [4.69, 9.17) is 9.84 Å². The van der Waals surface area contributed by atoms with Crippen LogP contribution in [0.5, 0.6) is 0 Å². The highest BCUT2D eigenvalue weighted by Crippen LogP contribution is 2.14. The summed E-state index contributed by atoms with van der Waals surface area (Å²) in [5.74, 6) is -1.51. The third-order valence-corrected chi connectivity index (χ3v) is 3.38. The average Bonchev–Trinajstić information content (AvgIpc) is 2.45. The minimum Gasteiger partial charge on any atom is -0.481 e. The second-order valence-corrected chi connectivity index (χ2v) is 6.88. The van der Waals surface area contributed by atoms with E-state index in [0.29, 0.717) is 12.0 Å². The molecule has 6 heteroatoms. The topological polar surface area (TPSA) is 92.7 Å². The Morgan fingerprint density at radius 1 is 1.25 bits per heavy atom. The Morgan fingerprint density at radius 2 is 1.83 bits per heavy atom. The minimum atomic E-state index is -0.915. The number of benzene rings is 1. The zero-order valence-corrected chi connectivity index (χ0v) is 14.5. The van der Waals surface area contributed by atoms with E-state index in [0.717, 1.165) is 11.8 Å². The zero-order chi connectivity index (χ0) is 18.3. The van der Waals surface area contributed by atoms with Gasteiger partial charge in [0.15, 0.2) is 0 Å². The van der Waals surface area contributed by atoms with Crippen molar-refractivity contribution in [1.82, 2.24) is 5.32 Å². The van der Waals surface area contributed by atoms with Crippen LogP contribution in [0, 0.1) is 5.92 Å². The molecule has 0 saturated heterocycles. The standard InChI is InChI=1S/C18H25NO5/c1-12(16(21)22)9-15(19-17(23)24-18(2,3)4)10-13-5-7-14(11-20)8-6-13/h5-8,11-12,15H,9-10H2,1-4H3,(H,19,23)(H,21,22)/t12-,15+/m0/s1. The molecule has 0 aliphatic carbocycles. The second-order valence-electron chi connectivity index (χ2n) is 6.88. The number of ether oxygens (including phenoxy) is 1. The number of hydrogen-bond acceptors (Lipinski definition) is 4. The molecule has 6 nitrogen and oxygen atoms in total. The van der Waals surface area contributed by atoms with Gasteiger partial charge in [-0.15, -0.1) is 0 Å². The summed E-state index contributed by atoms with van der Waals surface area (Å²) in [4.78, 5) is 33.8. The molecule has 1 rings (SSSR count). The van der Waals surface area contributed by atoms with Gasteiger partial charge in [-0.3, -0.25) is 9.59 Å². The molecule has 132 valence electrons. The molecule has 24 heavy (non-hydrogen) atoms. The Morgan fingerprint density at radius 3 is 2.29 bits per heavy atom. The van der Waals surface area contributed by atoms with Crippen molar-refractivity contribution in [2.24, 2.45) is 5.92 Å². The van der Waals surface area contributed by atoms with Crippen molar-refractivity contribution in [2.45, 2.75) is 52.2 Å². The molecule has 1 aromatic rings. The van der Waals surface area contributed by atoms with Gasteiger partial charge in [0.2, 0.25) is 0 Å². The number of carboxylic acid groups (broad SMARTS) is 1. The van der Waals surface area contributed by atoms with E-state index in [2.05, 4.69) is 5.32 Å². The van der Waals surface area contributed by atoms with E-state index in [9.17, 15) is 14.4 Å². The lowest BCUT2D eigenvalue weighted by Crippen LogP contribution is -2.41. The van der Waals surface area contributed by atoms with Crippen LogP contribution in [-0.4, -0.2) is 35.1 Å². The van der Waals surface area contributed by atoms with Gasteiger partial charge >= 0.3 is 12.1 Å². The van der Waals surface area contributed by atoms with Gasteiger partial charge in [0.05, 0.1) is 5.92 Å². The van der Waals surface area contributed by atoms with E-state index in [-0.39, 0.29) is 12.5 Å². The number of rotatable bonds is 7. The number of aldehydes is 1. The monoisotopic (exact) mass is 335 g/mol. The first kappa shape index (κ1) is 19.7. The van der Waals surface area contributed by atoms with Crippen LogP contribution in [0.15, 0.2) is 24.3 Å². The molecule has 2 N–H and O–H groups in total. The zero-order valence-electron chi connectivity index (χ0n) is 14.5. The second kappa shape index (κ2) is 8.47. The van der Waals surface area contributed by atoms with Crippen molar-refractivity contribution in [2.75, 3.05) is 0 Å². The number of alkyl carbamates (subject to hydrolysis) is 1. The van der Waals surface area contributed by atoms with Crippen molar-refractivity contribution >= 4 is 18.3 Å². The molecule has 0 unspecified atom stereocenters. The SMILES string of the molecule is C[C@@H](C[C@H](Cc1ccc(C=O)cc1)NC(=O)OC(C)(C)C)C(=O)O. The molecule has 2 atom stereocenters. The van der Waals surface area contributed by atoms with Crippen molar-refractivity contribution in [3.05, 3.63) is 35.4 Å². The summed E-state index contributed by atoms with van der Waals surface area (Å²) in [6, 6.07) is 6.58. The van der Waals surface area contributed by atoms with Gasteiger partial charge in [-0.05, 0) is 39.2 Å². The van der Waals surface area contributed by atoms with Crippen molar-refractivity contribution in [3.8, 4) is 0 Å². The molecule has 1 aromatic carbocycles. The Balaban J connectivity index is 2.81. The maximum Gasteiger partial charge on any atom is 0.407 e. The average molecular weight is 335 g/mol. The third kappa shape index (κ3) is 7.26. The number of carbonyl (C=O) groups is 3. The first-order valence-corrected chi connectivity index (χ1v) is 7.87. The molecule has 0 heterocycles. The summed E-state index contributed by atoms with van der Waals surface area (Å²) in [7, 11) is 0. The van der Waals surface area contributed by atoms with E-state index in [1.807, 2.05) is 0 Å². The van der Waals surface area contributed by atoms with Gasteiger partial charge in [0.25, 0.3) is 0 Å². The number of aliphatic carboxylic acids is 1. The van der Waals surface area contributed by atoms with Gasteiger partial charge in [0, 0.05) is 11.6 Å². The minimum absolute atomic E-state index is 0.282. The molecule has 0 aliphatic rings. The van der Waals surface area contributed by atoms with Crippen molar-refractivity contribution in [3.63, 3.8) is 0 Å². The highest BCUT2D eigenvalue weighted by Gasteiger charge is 2.23. The third-order valence-electron chi connectivity index (χ3n) is 3.38. The van der Waals surface area contributed by atoms with E-state index >= 15 is 0 Å². The van der Waals surface area contributed by atoms with E-state index in [1.54, 1.807) is 52.0 Å². The van der Waals surface area contributed by atoms with Crippen LogP contribution in [0.3, 0.4) is 0 Å². The molecule has 0 bridgehead atoms. The summed E-state index contributed by atoms with van der Waals surface area (Å²) in [5.41, 5.74) is 0.840. The Bertz CT molecular complexity index is 574. The van der Waals surface area contributed by atoms with Crippen molar-refractivity contribution < 1.29 is 24.2 Å². The molecule has 0 spiro atoms. The Hall–Kier alpha value is -2.37. The predicted octanol–water partition coefficient (Wildman–Crippen LogP) is 3.05. The maximum atomic E-state index is 12.0. The van der Waals surface area contributed by atoms with Crippen LogP contribution in [0.4, 0.5) is 4.79 Å². The highest BCUT2D eigenvalue weighted by molar-refractivity contribution is 5.74. The van der Waals surface area contributed by atoms with Gasteiger partial charge in [-0.2, -0.15) is 0 Å². The normalized spacial score (nSPS) is 13.7. The summed E-state index contributed by atoms with van der Waals surface area (Å²) < 4.78 is 5.24. The first-order chi connectivity index (χ1) is 11.1. The van der Waals surface area contributed by atoms with Crippen LogP contribution < -0.4 is 5.32 Å². The fourth-order valence-electron chi connectivity index (χ4n) is 2.21. The van der Waals surface area contributed by atoms with Crippen LogP contribution in [-0.2, 0) is 16.0 Å². The number of carbonyl (C=O) groups excluding carboxylic acids is 2. The fourth-order valence-corrected chi connectivity index (χ4v) is 2.21. The van der Waals surface area contributed by atoms with Gasteiger partial charge in [0.1, 0.15) is 11.9 Å². The van der Waals surface area contributed by atoms with Crippen LogP contribution in [0.25, 0.3) is 0 Å². The Labute approximate surface area is 142 Å². The quantitative estimate of drug-likeness (QED) is 0.747. The lowest BCUT2D eigenvalue weighted by molar-refractivity contribution is -0.141. The number of hydrogen-bond donors (Lipinski definition) is 2. The molecular weight excluding hydrogens is 310 g/mol. The molecular formula is C18H25NO5. The summed E-state index contributed by atoms with van der Waals surface area (Å²) in [5, 5.41) is 11.8. The number of carboxylic acids is 1. The van der Waals surface area contributed by atoms with Gasteiger partial charge in [-0.25, -0.2) is 4.79 Å². The summed E-state index contributed by atoms with van der Waals surface area (Å²) in [6.07, 6.45) is 0.918. The predicted molar refractivity (Wildman–Crippen MR) is 90.1 cm³/mol. The van der Waals surface area contributed by atoms with E-state index < -0.39 is 23.6 Å². The molecule has 0 aliphatic heterocycles. The molecule has 0 aromatic heterocycles. The summed E-state index contributed by atoms with van der Waals surface area (Å²) >= 11 is 0. The maximum absolute atomic E-state index is 12.0. The molecule has 0 fully saturated rings. The number of amides is 1. The van der Waals surface area contributed by atoms with Crippen molar-refractivity contribution in [1.29, 1.82) is 0 Å². The largest absolute Gasteiger partial charge is 0.481 e. The van der Waals surface area contributed by atoms with Gasteiger partial charge in [-0.1, -0.05) is 31.2 Å². The lowest BCUT2D eigenvalue weighted by atomic mass is 9.96. The van der Waals surface area contributed by atoms with Crippen LogP contribution in [0.1, 0.15) is 50.0 Å². The molecule has 1 amide bonds. The first-order valence-electron chi connectivity index (χ1n) is 7.87. The van der Waals surface area contributed by atoms with Crippen LogP contribution in [0.2, 0.25) is 0 Å². The smallest absolute Gasteiger partial charge is 0.407 e. The fraction of sp³-hybridized carbons (Fsp3) is 0.500. The molecule has 0 saturated carbocycles. The Kier molecular flexibility index (Phi) is 6.95. The summed E-state index contributed by atoms with van der Waals surface area (Å²) in [6.45, 7) is 6.89.